The Morgan fingerprint density at radius 1 is 1.31 bits per heavy atom. The first-order valence-corrected chi connectivity index (χ1v) is 4.30. The number of phenolic OH excluding ortho intramolecular Hbond substituents is 1. The summed E-state index contributed by atoms with van der Waals surface area (Å²) in [7, 11) is 1.80. The van der Waals surface area contributed by atoms with Crippen molar-refractivity contribution in [2.45, 2.75) is 20.0 Å². The summed E-state index contributed by atoms with van der Waals surface area (Å²) >= 11 is 0. The maximum absolute atomic E-state index is 9.32. The summed E-state index contributed by atoms with van der Waals surface area (Å²) in [6.07, 6.45) is 0.117. The molecule has 0 aliphatic carbocycles. The Kier molecular flexibility index (Phi) is 3.01. The second-order valence-corrected chi connectivity index (χ2v) is 3.13. The Morgan fingerprint density at radius 3 is 2.54 bits per heavy atom. The van der Waals surface area contributed by atoms with E-state index in [0.29, 0.717) is 5.75 Å². The Bertz CT molecular complexity index is 284. The van der Waals surface area contributed by atoms with Crippen molar-refractivity contribution >= 4 is 5.69 Å². The highest BCUT2D eigenvalue weighted by Crippen LogP contribution is 2.25. The maximum atomic E-state index is 9.32. The summed E-state index contributed by atoms with van der Waals surface area (Å²) in [5.74, 6) is 0.891. The van der Waals surface area contributed by atoms with Gasteiger partial charge < -0.3 is 15.2 Å². The Labute approximate surface area is 78.3 Å². The Balaban J connectivity index is 2.88. The van der Waals surface area contributed by atoms with Gasteiger partial charge in [-0.25, -0.2) is 0 Å². The number of nitrogens with one attached hydrogen (secondary N) is 1. The zero-order valence-electron chi connectivity index (χ0n) is 8.16. The summed E-state index contributed by atoms with van der Waals surface area (Å²) in [5, 5.41) is 12.3. The average Bonchev–Trinajstić information content (AvgIpc) is 2.01. The Hall–Kier alpha value is -1.38. The monoisotopic (exact) mass is 181 g/mol. The molecule has 0 saturated heterocycles. The Morgan fingerprint density at radius 2 is 2.00 bits per heavy atom. The summed E-state index contributed by atoms with van der Waals surface area (Å²) in [6, 6.07) is 5.09. The average molecular weight is 181 g/mol. The van der Waals surface area contributed by atoms with Crippen LogP contribution in [0, 0.1) is 0 Å². The molecule has 0 unspecified atom stereocenters. The van der Waals surface area contributed by atoms with Crippen LogP contribution in [0.3, 0.4) is 0 Å². The SMILES string of the molecule is CNc1cc(O)cc(OC(C)C)c1. The lowest BCUT2D eigenvalue weighted by atomic mass is 10.3. The van der Waals surface area contributed by atoms with E-state index in [2.05, 4.69) is 5.32 Å². The highest BCUT2D eigenvalue weighted by molar-refractivity contribution is 5.52. The molecule has 0 heterocycles. The minimum Gasteiger partial charge on any atom is -0.508 e. The maximum Gasteiger partial charge on any atom is 0.125 e. The van der Waals surface area contributed by atoms with Crippen molar-refractivity contribution in [3.05, 3.63) is 18.2 Å². The van der Waals surface area contributed by atoms with Crippen LogP contribution in [0.15, 0.2) is 18.2 Å². The van der Waals surface area contributed by atoms with Crippen LogP contribution in [0.1, 0.15) is 13.8 Å². The van der Waals surface area contributed by atoms with Crippen molar-refractivity contribution < 1.29 is 9.84 Å². The second kappa shape index (κ2) is 4.03. The summed E-state index contributed by atoms with van der Waals surface area (Å²) in [4.78, 5) is 0. The number of phenols is 1. The lowest BCUT2D eigenvalue weighted by Gasteiger charge is -2.11. The van der Waals surface area contributed by atoms with E-state index in [1.807, 2.05) is 19.9 Å². The molecular weight excluding hydrogens is 166 g/mol. The molecule has 0 radical (unpaired) electrons. The predicted molar refractivity (Wildman–Crippen MR) is 53.4 cm³/mol. The van der Waals surface area contributed by atoms with E-state index in [9.17, 15) is 5.11 Å². The van der Waals surface area contributed by atoms with Gasteiger partial charge >= 0.3 is 0 Å². The molecule has 0 amide bonds. The van der Waals surface area contributed by atoms with Gasteiger partial charge in [-0.1, -0.05) is 0 Å². The van der Waals surface area contributed by atoms with Gasteiger partial charge in [-0.15, -0.1) is 0 Å². The lowest BCUT2D eigenvalue weighted by molar-refractivity contribution is 0.241. The molecule has 0 bridgehead atoms. The molecule has 0 aromatic heterocycles. The van der Waals surface area contributed by atoms with Crippen LogP contribution in [0.25, 0.3) is 0 Å². The largest absolute Gasteiger partial charge is 0.508 e. The van der Waals surface area contributed by atoms with Crippen molar-refractivity contribution in [3.63, 3.8) is 0 Å². The molecule has 13 heavy (non-hydrogen) atoms. The van der Waals surface area contributed by atoms with E-state index < -0.39 is 0 Å². The molecule has 0 aliphatic rings. The van der Waals surface area contributed by atoms with Gasteiger partial charge in [0.1, 0.15) is 11.5 Å². The van der Waals surface area contributed by atoms with Crippen molar-refractivity contribution in [2.75, 3.05) is 12.4 Å². The van der Waals surface area contributed by atoms with Crippen LogP contribution in [0.4, 0.5) is 5.69 Å². The van der Waals surface area contributed by atoms with Gasteiger partial charge in [0.15, 0.2) is 0 Å². The first kappa shape index (κ1) is 9.71. The van der Waals surface area contributed by atoms with Gasteiger partial charge in [0, 0.05) is 30.9 Å². The highest BCUT2D eigenvalue weighted by atomic mass is 16.5. The standard InChI is InChI=1S/C10H15NO2/c1-7(2)13-10-5-8(11-3)4-9(12)6-10/h4-7,11-12H,1-3H3. The second-order valence-electron chi connectivity index (χ2n) is 3.13. The van der Waals surface area contributed by atoms with Crippen LogP contribution in [-0.2, 0) is 0 Å². The van der Waals surface area contributed by atoms with Crippen molar-refractivity contribution in [1.82, 2.24) is 0 Å². The topological polar surface area (TPSA) is 41.5 Å². The fraction of sp³-hybridized carbons (Fsp3) is 0.400. The van der Waals surface area contributed by atoms with Gasteiger partial charge in [0.05, 0.1) is 6.10 Å². The third-order valence-electron chi connectivity index (χ3n) is 1.55. The number of rotatable bonds is 3. The van der Waals surface area contributed by atoms with E-state index in [4.69, 9.17) is 4.74 Å². The first-order chi connectivity index (χ1) is 6.11. The molecule has 72 valence electrons. The third-order valence-corrected chi connectivity index (χ3v) is 1.55. The van der Waals surface area contributed by atoms with Crippen molar-refractivity contribution in [2.24, 2.45) is 0 Å². The molecule has 2 N–H and O–H groups in total. The molecule has 3 nitrogen and oxygen atoms in total. The van der Waals surface area contributed by atoms with E-state index in [-0.39, 0.29) is 11.9 Å². The van der Waals surface area contributed by atoms with Gasteiger partial charge in [0.2, 0.25) is 0 Å². The summed E-state index contributed by atoms with van der Waals surface area (Å²) in [5.41, 5.74) is 0.843. The van der Waals surface area contributed by atoms with Crippen molar-refractivity contribution in [1.29, 1.82) is 0 Å². The minimum atomic E-state index is 0.117. The van der Waals surface area contributed by atoms with E-state index in [1.165, 1.54) is 0 Å². The van der Waals surface area contributed by atoms with Crippen LogP contribution in [0.2, 0.25) is 0 Å². The number of aromatic hydroxyl groups is 1. The number of anilines is 1. The third kappa shape index (κ3) is 2.86. The minimum absolute atomic E-state index is 0.117. The van der Waals surface area contributed by atoms with Gasteiger partial charge in [-0.2, -0.15) is 0 Å². The normalized spacial score (nSPS) is 10.2. The zero-order valence-corrected chi connectivity index (χ0v) is 8.16. The molecular formula is C10H15NO2. The summed E-state index contributed by atoms with van der Waals surface area (Å²) in [6.45, 7) is 3.90. The van der Waals surface area contributed by atoms with Crippen molar-refractivity contribution in [3.8, 4) is 11.5 Å². The number of hydrogen-bond donors (Lipinski definition) is 2. The van der Waals surface area contributed by atoms with Gasteiger partial charge in [-0.3, -0.25) is 0 Å². The van der Waals surface area contributed by atoms with Crippen LogP contribution in [0.5, 0.6) is 11.5 Å². The molecule has 0 atom stereocenters. The fourth-order valence-electron chi connectivity index (χ4n) is 1.07. The van der Waals surface area contributed by atoms with Crippen LogP contribution in [-0.4, -0.2) is 18.3 Å². The molecule has 1 aromatic carbocycles. The first-order valence-electron chi connectivity index (χ1n) is 4.30. The van der Waals surface area contributed by atoms with E-state index in [0.717, 1.165) is 5.69 Å². The van der Waals surface area contributed by atoms with Crippen LogP contribution < -0.4 is 10.1 Å². The molecule has 0 saturated carbocycles. The number of ether oxygens (including phenoxy) is 1. The lowest BCUT2D eigenvalue weighted by Crippen LogP contribution is -2.05. The van der Waals surface area contributed by atoms with Crippen LogP contribution >= 0.6 is 0 Å². The molecule has 0 spiro atoms. The molecule has 3 heteroatoms. The smallest absolute Gasteiger partial charge is 0.125 e. The quantitative estimate of drug-likeness (QED) is 0.751. The molecule has 0 aliphatic heterocycles. The van der Waals surface area contributed by atoms with E-state index >= 15 is 0 Å². The van der Waals surface area contributed by atoms with Gasteiger partial charge in [-0.05, 0) is 13.8 Å². The van der Waals surface area contributed by atoms with E-state index in [1.54, 1.807) is 19.2 Å². The highest BCUT2D eigenvalue weighted by Gasteiger charge is 2.01. The number of hydrogen-bond acceptors (Lipinski definition) is 3. The fourth-order valence-corrected chi connectivity index (χ4v) is 1.07. The molecule has 1 aromatic rings. The number of benzene rings is 1. The zero-order chi connectivity index (χ0) is 9.84. The predicted octanol–water partition coefficient (Wildman–Crippen LogP) is 2.22. The summed E-state index contributed by atoms with van der Waals surface area (Å²) < 4.78 is 5.44. The molecule has 0 fully saturated rings. The van der Waals surface area contributed by atoms with Gasteiger partial charge in [0.25, 0.3) is 0 Å². The molecule has 1 rings (SSSR count).